The number of oxazole rings is 1. The van der Waals surface area contributed by atoms with Gasteiger partial charge in [-0.15, -0.1) is 0 Å². The third-order valence-electron chi connectivity index (χ3n) is 5.37. The van der Waals surface area contributed by atoms with Gasteiger partial charge in [0.25, 0.3) is 0 Å². The lowest BCUT2D eigenvalue weighted by molar-refractivity contribution is -0.114. The number of carbonyl (C=O) groups excluding carboxylic acids is 1. The van der Waals surface area contributed by atoms with E-state index in [1.807, 2.05) is 31.2 Å². The van der Waals surface area contributed by atoms with Crippen LogP contribution in [-0.4, -0.2) is 23.3 Å². The number of para-hydroxylation sites is 2. The lowest BCUT2D eigenvalue weighted by Crippen LogP contribution is -2.31. The summed E-state index contributed by atoms with van der Waals surface area (Å²) in [6.07, 6.45) is 11.6. The molecule has 0 spiro atoms. The smallest absolute Gasteiger partial charge is 0.302 e. The van der Waals surface area contributed by atoms with Crippen LogP contribution in [0.4, 0.5) is 6.01 Å². The largest absolute Gasteiger partial charge is 0.423 e. The summed E-state index contributed by atoms with van der Waals surface area (Å²) >= 11 is 0. The number of fused-ring (bicyclic) bond motifs is 1. The molecule has 4 rings (SSSR count). The molecule has 0 aliphatic heterocycles. The van der Waals surface area contributed by atoms with Crippen LogP contribution in [0.5, 0.6) is 0 Å². The van der Waals surface area contributed by atoms with Crippen molar-refractivity contribution < 1.29 is 9.21 Å². The third-order valence-corrected chi connectivity index (χ3v) is 5.37. The number of benzene rings is 1. The molecule has 6 nitrogen and oxygen atoms in total. The first-order valence-electron chi connectivity index (χ1n) is 10.3. The molecule has 0 atom stereocenters. The fourth-order valence-electron chi connectivity index (χ4n) is 3.47. The lowest BCUT2D eigenvalue weighted by Gasteiger charge is -2.13. The highest BCUT2D eigenvalue weighted by molar-refractivity contribution is 6.00. The average Bonchev–Trinajstić information content (AvgIpc) is 3.28. The van der Waals surface area contributed by atoms with Crippen molar-refractivity contribution in [3.05, 3.63) is 71.0 Å². The first kappa shape index (κ1) is 19.9. The summed E-state index contributed by atoms with van der Waals surface area (Å²) in [6.45, 7) is 4.55. The summed E-state index contributed by atoms with van der Waals surface area (Å²) in [5.41, 5.74) is 5.74. The highest BCUT2D eigenvalue weighted by atomic mass is 16.4. The quantitative estimate of drug-likeness (QED) is 0.553. The maximum atomic E-state index is 11.9. The van der Waals surface area contributed by atoms with Crippen LogP contribution in [0.25, 0.3) is 11.1 Å². The molecule has 0 fully saturated rings. The van der Waals surface area contributed by atoms with Gasteiger partial charge >= 0.3 is 6.01 Å². The number of anilines is 1. The molecule has 2 N–H and O–H groups in total. The fourth-order valence-corrected chi connectivity index (χ4v) is 3.47. The molecule has 2 aromatic rings. The van der Waals surface area contributed by atoms with Gasteiger partial charge in [0.2, 0.25) is 5.96 Å². The summed E-state index contributed by atoms with van der Waals surface area (Å²) in [4.78, 5) is 21.2. The second-order valence-corrected chi connectivity index (χ2v) is 7.65. The van der Waals surface area contributed by atoms with Crippen LogP contribution in [-0.2, 0) is 4.79 Å². The van der Waals surface area contributed by atoms with Gasteiger partial charge in [-0.3, -0.25) is 10.1 Å². The van der Waals surface area contributed by atoms with Gasteiger partial charge in [0.1, 0.15) is 5.52 Å². The van der Waals surface area contributed by atoms with Crippen molar-refractivity contribution in [3.8, 4) is 0 Å². The summed E-state index contributed by atoms with van der Waals surface area (Å²) < 4.78 is 5.79. The first-order valence-corrected chi connectivity index (χ1v) is 10.3. The SMILES string of the molecule is CC1=C(NC(=NC/C2=C/C=C\C=C(\C)CC2)Nc2nc3ccccc3o2)CCC1=O. The Kier molecular flexibility index (Phi) is 5.93. The van der Waals surface area contributed by atoms with Gasteiger partial charge in [-0.05, 0) is 50.8 Å². The molecule has 0 amide bonds. The first-order chi connectivity index (χ1) is 14.6. The Bertz CT molecular complexity index is 1080. The molecular formula is C24H26N4O2. The highest BCUT2D eigenvalue weighted by Gasteiger charge is 2.20. The monoisotopic (exact) mass is 402 g/mol. The van der Waals surface area contributed by atoms with Crippen molar-refractivity contribution >= 4 is 28.9 Å². The van der Waals surface area contributed by atoms with E-state index in [1.54, 1.807) is 0 Å². The Morgan fingerprint density at radius 1 is 1.07 bits per heavy atom. The van der Waals surface area contributed by atoms with Gasteiger partial charge in [-0.25, -0.2) is 4.99 Å². The lowest BCUT2D eigenvalue weighted by atomic mass is 10.0. The minimum Gasteiger partial charge on any atom is -0.423 e. The third kappa shape index (κ3) is 4.76. The molecule has 154 valence electrons. The molecule has 30 heavy (non-hydrogen) atoms. The molecule has 0 unspecified atom stereocenters. The molecule has 1 aromatic carbocycles. The van der Waals surface area contributed by atoms with E-state index in [4.69, 9.17) is 9.41 Å². The minimum absolute atomic E-state index is 0.175. The van der Waals surface area contributed by atoms with Crippen molar-refractivity contribution in [1.82, 2.24) is 10.3 Å². The molecule has 2 aliphatic rings. The van der Waals surface area contributed by atoms with E-state index in [0.29, 0.717) is 36.9 Å². The van der Waals surface area contributed by atoms with E-state index in [-0.39, 0.29) is 5.78 Å². The van der Waals surface area contributed by atoms with Crippen molar-refractivity contribution in [2.45, 2.75) is 39.5 Å². The van der Waals surface area contributed by atoms with E-state index < -0.39 is 0 Å². The maximum absolute atomic E-state index is 11.9. The van der Waals surface area contributed by atoms with Gasteiger partial charge < -0.3 is 9.73 Å². The molecule has 1 heterocycles. The average molecular weight is 402 g/mol. The van der Waals surface area contributed by atoms with Gasteiger partial charge in [-0.1, -0.05) is 42.0 Å². The molecule has 1 aromatic heterocycles. The number of nitrogens with one attached hydrogen (secondary N) is 2. The molecule has 0 saturated carbocycles. The van der Waals surface area contributed by atoms with Crippen LogP contribution in [0.3, 0.4) is 0 Å². The van der Waals surface area contributed by atoms with Crippen LogP contribution >= 0.6 is 0 Å². The Balaban J connectivity index is 1.56. The van der Waals surface area contributed by atoms with Gasteiger partial charge in [0.05, 0.1) is 6.54 Å². The number of nitrogens with zero attached hydrogens (tertiary/aromatic N) is 2. The van der Waals surface area contributed by atoms with Gasteiger partial charge in [-0.2, -0.15) is 4.98 Å². The molecule has 6 heteroatoms. The number of aliphatic imine (C=N–C) groups is 1. The van der Waals surface area contributed by atoms with Crippen LogP contribution < -0.4 is 10.6 Å². The Morgan fingerprint density at radius 2 is 1.90 bits per heavy atom. The Labute approximate surface area is 176 Å². The number of rotatable bonds is 4. The van der Waals surface area contributed by atoms with Gasteiger partial charge in [0, 0.05) is 17.7 Å². The van der Waals surface area contributed by atoms with E-state index in [9.17, 15) is 4.79 Å². The predicted octanol–water partition coefficient (Wildman–Crippen LogP) is 5.04. The zero-order chi connectivity index (χ0) is 20.9. The number of guanidine groups is 1. The molecular weight excluding hydrogens is 376 g/mol. The number of aromatic nitrogens is 1. The maximum Gasteiger partial charge on any atom is 0.302 e. The number of hydrogen-bond acceptors (Lipinski definition) is 4. The normalized spacial score (nSPS) is 22.2. The van der Waals surface area contributed by atoms with E-state index in [0.717, 1.165) is 29.6 Å². The molecule has 0 saturated heterocycles. The summed E-state index contributed by atoms with van der Waals surface area (Å²) in [7, 11) is 0. The van der Waals surface area contributed by atoms with E-state index in [1.165, 1.54) is 11.1 Å². The Hall–Kier alpha value is -3.41. The minimum atomic E-state index is 0.175. The Morgan fingerprint density at radius 3 is 2.70 bits per heavy atom. The second kappa shape index (κ2) is 8.95. The summed E-state index contributed by atoms with van der Waals surface area (Å²) in [6, 6.07) is 7.98. The van der Waals surface area contributed by atoms with Crippen molar-refractivity contribution in [3.63, 3.8) is 0 Å². The summed E-state index contributed by atoms with van der Waals surface area (Å²) in [5.74, 6) is 0.707. The van der Waals surface area contributed by atoms with Gasteiger partial charge in [0.15, 0.2) is 11.4 Å². The number of Topliss-reactive ketones (excluding diaryl/α,β-unsaturated/α-hetero) is 1. The topological polar surface area (TPSA) is 79.5 Å². The predicted molar refractivity (Wildman–Crippen MR) is 120 cm³/mol. The van der Waals surface area contributed by atoms with E-state index in [2.05, 4.69) is 46.8 Å². The van der Waals surface area contributed by atoms with E-state index >= 15 is 0 Å². The van der Waals surface area contributed by atoms with Crippen molar-refractivity contribution in [1.29, 1.82) is 0 Å². The van der Waals surface area contributed by atoms with Crippen molar-refractivity contribution in [2.24, 2.45) is 4.99 Å². The highest BCUT2D eigenvalue weighted by Crippen LogP contribution is 2.22. The standard InChI is InChI=1S/C24H26N4O2/c1-16-7-3-4-8-18(12-11-16)15-25-23(26-19-13-14-21(29)17(19)2)28-24-27-20-9-5-6-10-22(20)30-24/h3-10H,11-15H2,1-2H3,(H2,25,26,27,28)/b4-3-,16-7-,18-8+. The van der Waals surface area contributed by atoms with Crippen LogP contribution in [0.1, 0.15) is 39.5 Å². The summed E-state index contributed by atoms with van der Waals surface area (Å²) in [5, 5.41) is 6.47. The number of ketones is 1. The zero-order valence-electron chi connectivity index (χ0n) is 17.4. The number of hydrogen-bond donors (Lipinski definition) is 2. The second-order valence-electron chi connectivity index (χ2n) is 7.65. The number of carbonyl (C=O) groups is 1. The fraction of sp³-hybridized carbons (Fsp3) is 0.292. The number of allylic oxidation sites excluding steroid dienone is 7. The molecule has 0 bridgehead atoms. The zero-order valence-corrected chi connectivity index (χ0v) is 17.4. The molecule has 0 radical (unpaired) electrons. The molecule has 2 aliphatic carbocycles. The van der Waals surface area contributed by atoms with Crippen LogP contribution in [0.15, 0.2) is 80.4 Å². The van der Waals surface area contributed by atoms with Crippen molar-refractivity contribution in [2.75, 3.05) is 11.9 Å². The van der Waals surface area contributed by atoms with Crippen LogP contribution in [0.2, 0.25) is 0 Å². The van der Waals surface area contributed by atoms with Crippen LogP contribution in [0, 0.1) is 0 Å².